The number of allylic oxidation sites excluding steroid dienone is 4. The van der Waals surface area contributed by atoms with Crippen LogP contribution in [0.1, 0.15) is 53.3 Å². The van der Waals surface area contributed by atoms with Gasteiger partial charge in [-0.05, 0) is 58.5 Å². The summed E-state index contributed by atoms with van der Waals surface area (Å²) < 4.78 is 43.7. The number of methoxy groups -OCH3 is 1. The molecule has 0 aromatic heterocycles. The standard InChI is InChI=1S/C25H38N2O2S/c1-20(11-9-13-22(3)18-27-23-14-6-5-7-15-23)10-8-12-21(2)16-17-30-19-24(26)25(28)29-4/h5-7,10,13-16,24,27H,8-9,11-12,17-19,26H2,1-4H3/b20-10+,21-16+,22-13+/t24-/m0/s1/i5D,6D,7D,14D,15D. The summed E-state index contributed by atoms with van der Waals surface area (Å²) in [6.07, 6.45) is 10.3. The van der Waals surface area contributed by atoms with Crippen LogP contribution in [0.5, 0.6) is 0 Å². The van der Waals surface area contributed by atoms with Gasteiger partial charge in [-0.2, -0.15) is 11.8 Å². The second-order valence-corrected chi connectivity index (χ2v) is 8.32. The number of hydrogen-bond acceptors (Lipinski definition) is 5. The Morgan fingerprint density at radius 2 is 1.70 bits per heavy atom. The van der Waals surface area contributed by atoms with Gasteiger partial charge in [0.25, 0.3) is 0 Å². The zero-order chi connectivity index (χ0) is 26.5. The average molecular weight is 436 g/mol. The maximum absolute atomic E-state index is 11.3. The normalized spacial score (nSPS) is 16.2. The maximum atomic E-state index is 11.3. The highest BCUT2D eigenvalue weighted by molar-refractivity contribution is 7.99. The molecule has 0 bridgehead atoms. The minimum absolute atomic E-state index is 0.132. The molecule has 0 unspecified atom stereocenters. The van der Waals surface area contributed by atoms with E-state index < -0.39 is 6.04 Å². The van der Waals surface area contributed by atoms with Gasteiger partial charge in [0.2, 0.25) is 0 Å². The van der Waals surface area contributed by atoms with Gasteiger partial charge in [-0.25, -0.2) is 0 Å². The van der Waals surface area contributed by atoms with Crippen LogP contribution in [0.2, 0.25) is 0 Å². The molecule has 0 saturated carbocycles. The van der Waals surface area contributed by atoms with Crippen LogP contribution < -0.4 is 11.1 Å². The Balaban J connectivity index is 2.40. The Bertz CT molecular complexity index is 935. The number of carbonyl (C=O) groups is 1. The fourth-order valence-corrected chi connectivity index (χ4v) is 3.48. The molecule has 1 aromatic rings. The molecular weight excluding hydrogens is 392 g/mol. The molecule has 0 spiro atoms. The van der Waals surface area contributed by atoms with Crippen molar-refractivity contribution in [3.05, 3.63) is 65.2 Å². The van der Waals surface area contributed by atoms with Gasteiger partial charge >= 0.3 is 5.97 Å². The predicted molar refractivity (Wildman–Crippen MR) is 132 cm³/mol. The Morgan fingerprint density at radius 3 is 2.33 bits per heavy atom. The molecule has 0 aliphatic carbocycles. The number of para-hydroxylation sites is 1. The SMILES string of the molecule is [2H]c1c([2H])c([2H])c(NC/C(C)=C/CC/C(C)=C/CC/C(C)=C/CSC[C@H](N)C(=O)OC)c([2H])c1[2H]. The first-order valence-corrected chi connectivity index (χ1v) is 11.3. The Kier molecular flexibility index (Phi) is 9.89. The van der Waals surface area contributed by atoms with E-state index in [-0.39, 0.29) is 41.9 Å². The van der Waals surface area contributed by atoms with Crippen LogP contribution in [0.3, 0.4) is 0 Å². The first-order valence-electron chi connectivity index (χ1n) is 12.7. The molecule has 0 aliphatic rings. The monoisotopic (exact) mass is 435 g/mol. The fraction of sp³-hybridized carbons (Fsp3) is 0.480. The summed E-state index contributed by atoms with van der Waals surface area (Å²) in [4.78, 5) is 11.3. The van der Waals surface area contributed by atoms with E-state index in [1.807, 2.05) is 6.92 Å². The van der Waals surface area contributed by atoms with Crippen LogP contribution in [-0.4, -0.2) is 37.2 Å². The number of rotatable bonds is 14. The zero-order valence-electron chi connectivity index (χ0n) is 23.6. The second kappa shape index (κ2) is 15.8. The number of anilines is 1. The van der Waals surface area contributed by atoms with Crippen molar-refractivity contribution in [2.45, 2.75) is 52.5 Å². The van der Waals surface area contributed by atoms with Gasteiger partial charge in [0.05, 0.1) is 14.0 Å². The number of nitrogens with one attached hydrogen (secondary N) is 1. The highest BCUT2D eigenvalue weighted by atomic mass is 32.2. The van der Waals surface area contributed by atoms with Crippen molar-refractivity contribution in [2.75, 3.05) is 30.5 Å². The van der Waals surface area contributed by atoms with Gasteiger partial charge in [-0.15, -0.1) is 0 Å². The number of hydrogen-bond donors (Lipinski definition) is 2. The predicted octanol–water partition coefficient (Wildman–Crippen LogP) is 5.73. The van der Waals surface area contributed by atoms with E-state index in [9.17, 15) is 4.79 Å². The smallest absolute Gasteiger partial charge is 0.323 e. The number of carbonyl (C=O) groups excluding carboxylic acids is 1. The second-order valence-electron chi connectivity index (χ2n) is 7.25. The van der Waals surface area contributed by atoms with Crippen LogP contribution in [0, 0.1) is 0 Å². The third-order valence-electron chi connectivity index (χ3n) is 4.46. The molecule has 0 fully saturated rings. The third-order valence-corrected chi connectivity index (χ3v) is 5.46. The summed E-state index contributed by atoms with van der Waals surface area (Å²) >= 11 is 1.62. The lowest BCUT2D eigenvalue weighted by Crippen LogP contribution is -2.33. The van der Waals surface area contributed by atoms with Gasteiger partial charge in [0, 0.05) is 23.7 Å². The lowest BCUT2D eigenvalue weighted by Gasteiger charge is -2.07. The van der Waals surface area contributed by atoms with Gasteiger partial charge in [0.1, 0.15) is 6.04 Å². The molecule has 0 amide bonds. The van der Waals surface area contributed by atoms with E-state index in [2.05, 4.69) is 42.1 Å². The van der Waals surface area contributed by atoms with E-state index in [0.29, 0.717) is 12.3 Å². The third kappa shape index (κ3) is 12.6. The number of benzene rings is 1. The lowest BCUT2D eigenvalue weighted by molar-refractivity contribution is -0.141. The molecule has 166 valence electrons. The van der Waals surface area contributed by atoms with Crippen LogP contribution in [0.15, 0.2) is 65.2 Å². The topological polar surface area (TPSA) is 64.3 Å². The van der Waals surface area contributed by atoms with Gasteiger partial charge in [-0.3, -0.25) is 4.79 Å². The Labute approximate surface area is 194 Å². The summed E-state index contributed by atoms with van der Waals surface area (Å²) in [5, 5.41) is 2.99. The minimum Gasteiger partial charge on any atom is -0.468 e. The molecule has 4 nitrogen and oxygen atoms in total. The van der Waals surface area contributed by atoms with Crippen molar-refractivity contribution in [2.24, 2.45) is 5.73 Å². The molecule has 30 heavy (non-hydrogen) atoms. The Hall–Kier alpha value is -1.98. The van der Waals surface area contributed by atoms with Crippen LogP contribution in [-0.2, 0) is 9.53 Å². The van der Waals surface area contributed by atoms with E-state index in [1.54, 1.807) is 11.8 Å². The molecule has 0 saturated heterocycles. The molecule has 1 rings (SSSR count). The molecule has 0 aliphatic heterocycles. The number of esters is 1. The molecule has 1 atom stereocenters. The van der Waals surface area contributed by atoms with Gasteiger partial charge < -0.3 is 15.8 Å². The largest absolute Gasteiger partial charge is 0.468 e. The van der Waals surface area contributed by atoms with Crippen LogP contribution in [0.4, 0.5) is 5.69 Å². The molecule has 0 heterocycles. The molecule has 0 radical (unpaired) electrons. The van der Waals surface area contributed by atoms with E-state index in [0.717, 1.165) is 37.0 Å². The summed E-state index contributed by atoms with van der Waals surface area (Å²) in [7, 11) is 1.34. The fourth-order valence-electron chi connectivity index (χ4n) is 2.55. The maximum Gasteiger partial charge on any atom is 0.323 e. The molecule has 5 heteroatoms. The first kappa shape index (κ1) is 18.8. The summed E-state index contributed by atoms with van der Waals surface area (Å²) in [5.41, 5.74) is 9.53. The number of ether oxygens (including phenoxy) is 1. The lowest BCUT2D eigenvalue weighted by atomic mass is 10.1. The Morgan fingerprint density at radius 1 is 1.10 bits per heavy atom. The minimum atomic E-state index is -0.578. The van der Waals surface area contributed by atoms with E-state index in [1.165, 1.54) is 18.3 Å². The molecule has 1 aromatic carbocycles. The highest BCUT2D eigenvalue weighted by Gasteiger charge is 2.12. The molecule has 3 N–H and O–H groups in total. The number of nitrogens with two attached hydrogens (primary N) is 1. The zero-order valence-corrected chi connectivity index (χ0v) is 19.4. The van der Waals surface area contributed by atoms with Gasteiger partial charge in [0.15, 0.2) is 0 Å². The summed E-state index contributed by atoms with van der Waals surface area (Å²) in [5.74, 6) is 0.981. The van der Waals surface area contributed by atoms with Crippen LogP contribution >= 0.6 is 11.8 Å². The van der Waals surface area contributed by atoms with E-state index in [4.69, 9.17) is 12.6 Å². The summed E-state index contributed by atoms with van der Waals surface area (Å²) in [6.45, 7) is 6.62. The van der Waals surface area contributed by atoms with Crippen molar-refractivity contribution < 1.29 is 16.4 Å². The first-order chi connectivity index (χ1) is 16.5. The van der Waals surface area contributed by atoms with Crippen molar-refractivity contribution >= 4 is 23.4 Å². The average Bonchev–Trinajstić information content (AvgIpc) is 2.83. The van der Waals surface area contributed by atoms with Crippen molar-refractivity contribution in [3.63, 3.8) is 0 Å². The van der Waals surface area contributed by atoms with Crippen molar-refractivity contribution in [3.8, 4) is 0 Å². The quantitative estimate of drug-likeness (QED) is 0.222. The number of thioether (sulfide) groups is 1. The van der Waals surface area contributed by atoms with Gasteiger partial charge in [-0.1, -0.05) is 53.1 Å². The van der Waals surface area contributed by atoms with Crippen molar-refractivity contribution in [1.29, 1.82) is 0 Å². The highest BCUT2D eigenvalue weighted by Crippen LogP contribution is 2.13. The molecular formula is C25H38N2O2S. The van der Waals surface area contributed by atoms with Crippen molar-refractivity contribution in [1.82, 2.24) is 0 Å². The van der Waals surface area contributed by atoms with E-state index >= 15 is 0 Å². The van der Waals surface area contributed by atoms with Crippen LogP contribution in [0.25, 0.3) is 0 Å². The summed E-state index contributed by atoms with van der Waals surface area (Å²) in [6, 6.07) is -2.05.